The predicted molar refractivity (Wildman–Crippen MR) is 71.0 cm³/mol. The second-order valence-corrected chi connectivity index (χ2v) is 5.88. The molecular formula is C14H28N2O. The van der Waals surface area contributed by atoms with E-state index >= 15 is 0 Å². The first-order valence-electron chi connectivity index (χ1n) is 7.21. The molecule has 2 N–H and O–H groups in total. The standard InChI is InChI=1S/C14H28N2O/c1-12-5-3-4-8-14(12,11-15)16-9-6-13(17-2)7-10-16/h12-13H,3-11,15H2,1-2H3. The summed E-state index contributed by atoms with van der Waals surface area (Å²) in [6.45, 7) is 5.56. The van der Waals surface area contributed by atoms with Crippen molar-refractivity contribution in [3.63, 3.8) is 0 Å². The molecule has 2 aliphatic rings. The van der Waals surface area contributed by atoms with Gasteiger partial charge >= 0.3 is 0 Å². The normalized spacial score (nSPS) is 37.2. The van der Waals surface area contributed by atoms with Crippen LogP contribution >= 0.6 is 0 Å². The van der Waals surface area contributed by atoms with Crippen LogP contribution in [0.1, 0.15) is 45.4 Å². The van der Waals surface area contributed by atoms with E-state index in [1.54, 1.807) is 0 Å². The maximum Gasteiger partial charge on any atom is 0.0595 e. The highest BCUT2D eigenvalue weighted by molar-refractivity contribution is 4.99. The van der Waals surface area contributed by atoms with Crippen LogP contribution in [0.15, 0.2) is 0 Å². The zero-order chi connectivity index (χ0) is 12.3. The van der Waals surface area contributed by atoms with E-state index in [0.29, 0.717) is 6.10 Å². The molecule has 0 spiro atoms. The van der Waals surface area contributed by atoms with Crippen molar-refractivity contribution >= 4 is 0 Å². The molecule has 0 bridgehead atoms. The lowest BCUT2D eigenvalue weighted by Crippen LogP contribution is -2.61. The number of nitrogens with zero attached hydrogens (tertiary/aromatic N) is 1. The molecule has 17 heavy (non-hydrogen) atoms. The molecule has 3 heteroatoms. The lowest BCUT2D eigenvalue weighted by Gasteiger charge is -2.52. The van der Waals surface area contributed by atoms with Gasteiger partial charge in [-0.15, -0.1) is 0 Å². The largest absolute Gasteiger partial charge is 0.381 e. The lowest BCUT2D eigenvalue weighted by atomic mass is 9.71. The van der Waals surface area contributed by atoms with Crippen molar-refractivity contribution < 1.29 is 4.74 Å². The average molecular weight is 240 g/mol. The molecule has 2 rings (SSSR count). The van der Waals surface area contributed by atoms with Crippen LogP contribution in [0.25, 0.3) is 0 Å². The zero-order valence-electron chi connectivity index (χ0n) is 11.5. The van der Waals surface area contributed by atoms with Gasteiger partial charge in [-0.2, -0.15) is 0 Å². The summed E-state index contributed by atoms with van der Waals surface area (Å²) in [5.74, 6) is 0.750. The van der Waals surface area contributed by atoms with E-state index in [4.69, 9.17) is 10.5 Å². The molecule has 0 aromatic rings. The van der Waals surface area contributed by atoms with Crippen LogP contribution in [-0.4, -0.2) is 43.3 Å². The van der Waals surface area contributed by atoms with Gasteiger partial charge in [0, 0.05) is 32.3 Å². The zero-order valence-corrected chi connectivity index (χ0v) is 11.5. The first-order chi connectivity index (χ1) is 8.23. The van der Waals surface area contributed by atoms with Crippen LogP contribution in [0.5, 0.6) is 0 Å². The van der Waals surface area contributed by atoms with E-state index in [1.165, 1.54) is 51.6 Å². The van der Waals surface area contributed by atoms with Crippen molar-refractivity contribution in [2.24, 2.45) is 11.7 Å². The maximum absolute atomic E-state index is 6.15. The summed E-state index contributed by atoms with van der Waals surface area (Å²) in [4.78, 5) is 2.67. The number of piperidine rings is 1. The highest BCUT2D eigenvalue weighted by atomic mass is 16.5. The maximum atomic E-state index is 6.15. The Morgan fingerprint density at radius 1 is 1.24 bits per heavy atom. The Balaban J connectivity index is 2.02. The Morgan fingerprint density at radius 3 is 2.47 bits per heavy atom. The molecule has 1 aliphatic heterocycles. The van der Waals surface area contributed by atoms with E-state index in [2.05, 4.69) is 11.8 Å². The van der Waals surface area contributed by atoms with Gasteiger partial charge in [0.2, 0.25) is 0 Å². The number of ether oxygens (including phenoxy) is 1. The molecule has 2 fully saturated rings. The highest BCUT2D eigenvalue weighted by Crippen LogP contribution is 2.39. The van der Waals surface area contributed by atoms with Gasteiger partial charge in [-0.25, -0.2) is 0 Å². The molecule has 2 unspecified atom stereocenters. The Hall–Kier alpha value is -0.120. The molecule has 1 heterocycles. The second kappa shape index (κ2) is 5.68. The van der Waals surface area contributed by atoms with Gasteiger partial charge < -0.3 is 10.5 Å². The van der Waals surface area contributed by atoms with Gasteiger partial charge in [0.25, 0.3) is 0 Å². The average Bonchev–Trinajstić information content (AvgIpc) is 2.40. The summed E-state index contributed by atoms with van der Waals surface area (Å²) in [7, 11) is 1.84. The van der Waals surface area contributed by atoms with Gasteiger partial charge in [0.1, 0.15) is 0 Å². The monoisotopic (exact) mass is 240 g/mol. The number of methoxy groups -OCH3 is 1. The SMILES string of the molecule is COC1CCN(C2(CN)CCCCC2C)CC1. The van der Waals surface area contributed by atoms with Gasteiger partial charge in [-0.1, -0.05) is 19.8 Å². The van der Waals surface area contributed by atoms with Crippen molar-refractivity contribution in [3.8, 4) is 0 Å². The van der Waals surface area contributed by atoms with Gasteiger partial charge in [0.15, 0.2) is 0 Å². The number of nitrogens with two attached hydrogens (primary N) is 1. The summed E-state index contributed by atoms with van der Waals surface area (Å²) in [6, 6.07) is 0. The first kappa shape index (κ1) is 13.3. The minimum atomic E-state index is 0.289. The number of hydrogen-bond donors (Lipinski definition) is 1. The van der Waals surface area contributed by atoms with Crippen LogP contribution in [0, 0.1) is 5.92 Å². The fourth-order valence-corrected chi connectivity index (χ4v) is 3.84. The molecular weight excluding hydrogens is 212 g/mol. The van der Waals surface area contributed by atoms with Crippen LogP contribution in [0.2, 0.25) is 0 Å². The van der Waals surface area contributed by atoms with Crippen LogP contribution < -0.4 is 5.73 Å². The van der Waals surface area contributed by atoms with E-state index in [9.17, 15) is 0 Å². The lowest BCUT2D eigenvalue weighted by molar-refractivity contribution is -0.0378. The summed E-state index contributed by atoms with van der Waals surface area (Å²) >= 11 is 0. The minimum absolute atomic E-state index is 0.289. The third-order valence-electron chi connectivity index (χ3n) is 5.17. The minimum Gasteiger partial charge on any atom is -0.381 e. The fourth-order valence-electron chi connectivity index (χ4n) is 3.84. The van der Waals surface area contributed by atoms with Gasteiger partial charge in [0.05, 0.1) is 6.10 Å². The molecule has 0 radical (unpaired) electrons. The first-order valence-corrected chi connectivity index (χ1v) is 7.21. The number of likely N-dealkylation sites (tertiary alicyclic amines) is 1. The van der Waals surface area contributed by atoms with E-state index in [-0.39, 0.29) is 5.54 Å². The van der Waals surface area contributed by atoms with Crippen molar-refractivity contribution in [2.75, 3.05) is 26.7 Å². The third-order valence-corrected chi connectivity index (χ3v) is 5.17. The van der Waals surface area contributed by atoms with E-state index in [0.717, 1.165) is 12.5 Å². The van der Waals surface area contributed by atoms with Gasteiger partial charge in [-0.05, 0) is 31.6 Å². The van der Waals surface area contributed by atoms with Crippen molar-refractivity contribution in [2.45, 2.75) is 57.1 Å². The summed E-state index contributed by atoms with van der Waals surface area (Å²) in [5, 5.41) is 0. The van der Waals surface area contributed by atoms with E-state index < -0.39 is 0 Å². The molecule has 2 atom stereocenters. The molecule has 0 amide bonds. The molecule has 0 aromatic carbocycles. The Kier molecular flexibility index (Phi) is 4.45. The Bertz CT molecular complexity index is 238. The smallest absolute Gasteiger partial charge is 0.0595 e. The van der Waals surface area contributed by atoms with Crippen LogP contribution in [0.3, 0.4) is 0 Å². The number of rotatable bonds is 3. The summed E-state index contributed by atoms with van der Waals surface area (Å²) < 4.78 is 5.46. The molecule has 1 aliphatic carbocycles. The van der Waals surface area contributed by atoms with Gasteiger partial charge in [-0.3, -0.25) is 4.90 Å². The van der Waals surface area contributed by atoms with Crippen LogP contribution in [-0.2, 0) is 4.74 Å². The van der Waals surface area contributed by atoms with Crippen molar-refractivity contribution in [1.29, 1.82) is 0 Å². The summed E-state index contributed by atoms with van der Waals surface area (Å²) in [6.07, 6.45) is 8.20. The highest BCUT2D eigenvalue weighted by Gasteiger charge is 2.43. The summed E-state index contributed by atoms with van der Waals surface area (Å²) in [5.41, 5.74) is 6.44. The van der Waals surface area contributed by atoms with Crippen molar-refractivity contribution in [1.82, 2.24) is 4.90 Å². The molecule has 3 nitrogen and oxygen atoms in total. The molecule has 1 saturated carbocycles. The Labute approximate surface area is 106 Å². The van der Waals surface area contributed by atoms with Crippen molar-refractivity contribution in [3.05, 3.63) is 0 Å². The molecule has 100 valence electrons. The fraction of sp³-hybridized carbons (Fsp3) is 1.00. The topological polar surface area (TPSA) is 38.5 Å². The van der Waals surface area contributed by atoms with Crippen LogP contribution in [0.4, 0.5) is 0 Å². The molecule has 0 aromatic heterocycles. The second-order valence-electron chi connectivity index (χ2n) is 5.88. The predicted octanol–water partition coefficient (Wildman–Crippen LogP) is 2.00. The molecule has 1 saturated heterocycles. The van der Waals surface area contributed by atoms with E-state index in [1.807, 2.05) is 7.11 Å². The number of hydrogen-bond acceptors (Lipinski definition) is 3. The quantitative estimate of drug-likeness (QED) is 0.820. The Morgan fingerprint density at radius 2 is 1.94 bits per heavy atom. The third kappa shape index (κ3) is 2.51.